The van der Waals surface area contributed by atoms with Crippen LogP contribution in [0.3, 0.4) is 0 Å². The van der Waals surface area contributed by atoms with Crippen LogP contribution in [0.5, 0.6) is 0 Å². The zero-order valence-electron chi connectivity index (χ0n) is 29.3. The van der Waals surface area contributed by atoms with Crippen molar-refractivity contribution in [2.75, 3.05) is 13.2 Å². The number of hydrogen-bond acceptors (Lipinski definition) is 6. The van der Waals surface area contributed by atoms with E-state index in [9.17, 15) is 19.8 Å². The lowest BCUT2D eigenvalue weighted by Gasteiger charge is -2.12. The first kappa shape index (κ1) is 43.3. The van der Waals surface area contributed by atoms with E-state index in [1.165, 1.54) is 44.9 Å². The van der Waals surface area contributed by atoms with Gasteiger partial charge in [-0.3, -0.25) is 9.59 Å². The van der Waals surface area contributed by atoms with E-state index in [0.717, 1.165) is 50.9 Å². The molecule has 6 heteroatoms. The van der Waals surface area contributed by atoms with Crippen molar-refractivity contribution in [3.8, 4) is 0 Å². The number of unbranched alkanes of at least 4 members (excludes halogenated alkanes) is 8. The summed E-state index contributed by atoms with van der Waals surface area (Å²) in [7, 11) is 0. The third-order valence-electron chi connectivity index (χ3n) is 7.23. The van der Waals surface area contributed by atoms with Gasteiger partial charge in [-0.2, -0.15) is 0 Å². The molecule has 0 aromatic heterocycles. The van der Waals surface area contributed by atoms with Crippen LogP contribution in [-0.4, -0.2) is 47.6 Å². The summed E-state index contributed by atoms with van der Waals surface area (Å²) < 4.78 is 10.2. The number of esters is 2. The van der Waals surface area contributed by atoms with Crippen LogP contribution in [0, 0.1) is 5.92 Å². The highest BCUT2D eigenvalue weighted by atomic mass is 16.6. The smallest absolute Gasteiger partial charge is 0.306 e. The Balaban J connectivity index is 3.67. The van der Waals surface area contributed by atoms with E-state index in [4.69, 9.17) is 9.47 Å². The van der Waals surface area contributed by atoms with E-state index in [2.05, 4.69) is 57.2 Å². The van der Waals surface area contributed by atoms with Gasteiger partial charge in [0.1, 0.15) is 19.3 Å². The van der Waals surface area contributed by atoms with E-state index in [0.29, 0.717) is 19.3 Å². The normalized spacial score (nSPS) is 13.9. The Hall–Kier alpha value is -2.70. The van der Waals surface area contributed by atoms with Gasteiger partial charge in [0.05, 0.1) is 6.10 Å². The molecule has 262 valence electrons. The predicted octanol–water partition coefficient (Wildman–Crippen LogP) is 9.83. The van der Waals surface area contributed by atoms with Crippen LogP contribution in [0.25, 0.3) is 0 Å². The van der Waals surface area contributed by atoms with E-state index in [1.54, 1.807) is 6.08 Å². The highest BCUT2D eigenvalue weighted by Gasteiger charge is 2.11. The molecule has 0 saturated carbocycles. The molecular formula is C40H66O6. The molecule has 0 amide bonds. The molecule has 2 N–H and O–H groups in total. The Morgan fingerprint density at radius 3 is 1.72 bits per heavy atom. The fraction of sp³-hybridized carbons (Fsp3) is 0.650. The molecular weight excluding hydrogens is 576 g/mol. The number of aliphatic hydroxyl groups is 2. The van der Waals surface area contributed by atoms with Crippen molar-refractivity contribution in [3.05, 3.63) is 72.9 Å². The molecule has 0 bridgehead atoms. The zero-order chi connectivity index (χ0) is 33.9. The summed E-state index contributed by atoms with van der Waals surface area (Å²) in [6.07, 6.45) is 40.1. The maximum absolute atomic E-state index is 11.9. The molecule has 0 aliphatic carbocycles. The van der Waals surface area contributed by atoms with Crippen molar-refractivity contribution in [3.63, 3.8) is 0 Å². The molecule has 2 atom stereocenters. The number of allylic oxidation sites excluding steroid dienone is 10. The molecule has 0 aromatic rings. The van der Waals surface area contributed by atoms with Crippen LogP contribution < -0.4 is 0 Å². The van der Waals surface area contributed by atoms with Gasteiger partial charge in [0.15, 0.2) is 0 Å². The Kier molecular flexibility index (Phi) is 31.7. The van der Waals surface area contributed by atoms with Crippen molar-refractivity contribution >= 4 is 11.9 Å². The number of hydrogen-bond donors (Lipinski definition) is 2. The standard InChI is InChI=1S/C40H66O6/c1-4-5-24-30-37(41)31-26-21-17-13-9-7-6-8-10-14-18-22-27-32-39(43)45-34-38(42)35-46-40(44)33-28-23-19-15-11-12-16-20-25-29-36(2)3/h5,7-10,17-18,21-22,24,26,31,36-38,41-42H,4,6,11-16,19-20,23,25,27-30,32-35H2,1-3H3/b9-7-,10-8-,21-17+,22-18-,24-5-,31-26+/t37?,38-/m1/s1. The number of carbonyl (C=O) groups excluding carboxylic acids is 2. The lowest BCUT2D eigenvalue weighted by molar-refractivity contribution is -0.152. The van der Waals surface area contributed by atoms with Gasteiger partial charge in [-0.15, -0.1) is 0 Å². The number of rotatable bonds is 30. The van der Waals surface area contributed by atoms with Crippen LogP contribution in [0.15, 0.2) is 72.9 Å². The highest BCUT2D eigenvalue weighted by Crippen LogP contribution is 2.13. The van der Waals surface area contributed by atoms with E-state index < -0.39 is 12.2 Å². The molecule has 0 spiro atoms. The molecule has 0 heterocycles. The summed E-state index contributed by atoms with van der Waals surface area (Å²) in [6, 6.07) is 0. The van der Waals surface area contributed by atoms with Crippen molar-refractivity contribution in [1.82, 2.24) is 0 Å². The summed E-state index contributed by atoms with van der Waals surface area (Å²) in [6.45, 7) is 6.32. The quantitative estimate of drug-likeness (QED) is 0.0351. The molecule has 46 heavy (non-hydrogen) atoms. The van der Waals surface area contributed by atoms with Crippen LogP contribution in [0.1, 0.15) is 136 Å². The number of carbonyl (C=O) groups is 2. The summed E-state index contributed by atoms with van der Waals surface area (Å²) in [5, 5.41) is 19.7. The summed E-state index contributed by atoms with van der Waals surface area (Å²) in [4.78, 5) is 23.8. The number of aliphatic hydroxyl groups excluding tert-OH is 2. The van der Waals surface area contributed by atoms with Crippen LogP contribution in [-0.2, 0) is 19.1 Å². The van der Waals surface area contributed by atoms with Gasteiger partial charge in [-0.25, -0.2) is 0 Å². The second kappa shape index (κ2) is 33.7. The Labute approximate surface area is 281 Å². The second-order valence-corrected chi connectivity index (χ2v) is 12.3. The van der Waals surface area contributed by atoms with Crippen molar-refractivity contribution < 1.29 is 29.3 Å². The molecule has 6 nitrogen and oxygen atoms in total. The first-order chi connectivity index (χ1) is 22.3. The minimum Gasteiger partial charge on any atom is -0.463 e. The average molecular weight is 643 g/mol. The van der Waals surface area contributed by atoms with Gasteiger partial charge >= 0.3 is 11.9 Å². The fourth-order valence-corrected chi connectivity index (χ4v) is 4.50. The molecule has 0 rings (SSSR count). The first-order valence-corrected chi connectivity index (χ1v) is 18.0. The fourth-order valence-electron chi connectivity index (χ4n) is 4.50. The minimum atomic E-state index is -1.01. The van der Waals surface area contributed by atoms with Gasteiger partial charge in [0.2, 0.25) is 0 Å². The third-order valence-corrected chi connectivity index (χ3v) is 7.23. The maximum Gasteiger partial charge on any atom is 0.306 e. The second-order valence-electron chi connectivity index (χ2n) is 12.3. The van der Waals surface area contributed by atoms with Gasteiger partial charge in [-0.05, 0) is 50.9 Å². The van der Waals surface area contributed by atoms with E-state index in [1.807, 2.05) is 30.4 Å². The molecule has 1 unspecified atom stereocenters. The molecule has 0 fully saturated rings. The summed E-state index contributed by atoms with van der Waals surface area (Å²) in [5.74, 6) is 0.120. The predicted molar refractivity (Wildman–Crippen MR) is 192 cm³/mol. The molecule has 0 aromatic carbocycles. The van der Waals surface area contributed by atoms with Gasteiger partial charge in [-0.1, -0.05) is 151 Å². The topological polar surface area (TPSA) is 93.1 Å². The highest BCUT2D eigenvalue weighted by molar-refractivity contribution is 5.70. The molecule has 0 saturated heterocycles. The monoisotopic (exact) mass is 642 g/mol. The lowest BCUT2D eigenvalue weighted by atomic mass is 10.0. The Morgan fingerprint density at radius 1 is 0.609 bits per heavy atom. The van der Waals surface area contributed by atoms with Crippen molar-refractivity contribution in [2.24, 2.45) is 5.92 Å². The van der Waals surface area contributed by atoms with Gasteiger partial charge < -0.3 is 19.7 Å². The molecule has 0 aliphatic rings. The van der Waals surface area contributed by atoms with Crippen LogP contribution >= 0.6 is 0 Å². The number of ether oxygens (including phenoxy) is 2. The summed E-state index contributed by atoms with van der Waals surface area (Å²) in [5.41, 5.74) is 0. The first-order valence-electron chi connectivity index (χ1n) is 18.0. The summed E-state index contributed by atoms with van der Waals surface area (Å²) >= 11 is 0. The van der Waals surface area contributed by atoms with E-state index >= 15 is 0 Å². The Bertz CT molecular complexity index is 895. The zero-order valence-corrected chi connectivity index (χ0v) is 29.3. The van der Waals surface area contributed by atoms with Gasteiger partial charge in [0, 0.05) is 12.8 Å². The average Bonchev–Trinajstić information content (AvgIpc) is 3.03. The minimum absolute atomic E-state index is 0.152. The lowest BCUT2D eigenvalue weighted by Crippen LogP contribution is -2.25. The third kappa shape index (κ3) is 34.2. The SMILES string of the molecule is CC/C=C\CC(O)/C=C/C=C/C/C=C\C/C=C\C/C=C\CCC(=O)OC[C@@H](O)COC(=O)CCCCCCCCCCCC(C)C. The largest absolute Gasteiger partial charge is 0.463 e. The molecule has 0 aliphatic heterocycles. The molecule has 0 radical (unpaired) electrons. The van der Waals surface area contributed by atoms with Crippen molar-refractivity contribution in [2.45, 2.75) is 149 Å². The van der Waals surface area contributed by atoms with E-state index in [-0.39, 0.29) is 31.6 Å². The van der Waals surface area contributed by atoms with Crippen molar-refractivity contribution in [1.29, 1.82) is 0 Å². The van der Waals surface area contributed by atoms with Crippen LogP contribution in [0.2, 0.25) is 0 Å². The maximum atomic E-state index is 11.9. The Morgan fingerprint density at radius 2 is 1.13 bits per heavy atom. The van der Waals surface area contributed by atoms with Crippen LogP contribution in [0.4, 0.5) is 0 Å². The van der Waals surface area contributed by atoms with Gasteiger partial charge in [0.25, 0.3) is 0 Å².